The second kappa shape index (κ2) is 8.77. The first kappa shape index (κ1) is 20.3. The SMILES string of the molecule is CC(OC(=O)c1cc2c(s1)CCCC2)C(=O)Nc1nc(-c2ccc(Br)cc2)cs1. The fourth-order valence-corrected chi connectivity index (χ4v) is 5.28. The van der Waals surface area contributed by atoms with Crippen LogP contribution in [0.2, 0.25) is 0 Å². The van der Waals surface area contributed by atoms with Crippen molar-refractivity contribution in [3.63, 3.8) is 0 Å². The Morgan fingerprint density at radius 3 is 2.72 bits per heavy atom. The molecule has 0 radical (unpaired) electrons. The zero-order valence-corrected chi connectivity index (χ0v) is 19.0. The van der Waals surface area contributed by atoms with Gasteiger partial charge in [0.05, 0.1) is 5.69 Å². The van der Waals surface area contributed by atoms with Gasteiger partial charge in [0.2, 0.25) is 0 Å². The van der Waals surface area contributed by atoms with E-state index in [9.17, 15) is 9.59 Å². The molecule has 1 aliphatic carbocycles. The number of hydrogen-bond acceptors (Lipinski definition) is 6. The molecule has 3 aromatic rings. The van der Waals surface area contributed by atoms with E-state index in [2.05, 4.69) is 26.2 Å². The quantitative estimate of drug-likeness (QED) is 0.465. The highest BCUT2D eigenvalue weighted by Gasteiger charge is 2.23. The van der Waals surface area contributed by atoms with Crippen molar-refractivity contribution in [1.29, 1.82) is 0 Å². The predicted molar refractivity (Wildman–Crippen MR) is 120 cm³/mol. The van der Waals surface area contributed by atoms with Crippen LogP contribution in [0.1, 0.15) is 39.9 Å². The summed E-state index contributed by atoms with van der Waals surface area (Å²) in [4.78, 5) is 31.2. The van der Waals surface area contributed by atoms with Gasteiger partial charge in [-0.25, -0.2) is 9.78 Å². The minimum absolute atomic E-state index is 0.392. The Kier molecular flexibility index (Phi) is 6.12. The molecule has 8 heteroatoms. The molecular formula is C21H19BrN2O3S2. The molecule has 1 atom stereocenters. The van der Waals surface area contributed by atoms with E-state index in [1.807, 2.05) is 35.7 Å². The molecule has 1 aliphatic rings. The number of rotatable bonds is 5. The number of halogens is 1. The number of esters is 1. The number of thiazole rings is 1. The number of benzene rings is 1. The van der Waals surface area contributed by atoms with Crippen LogP contribution in [-0.2, 0) is 22.4 Å². The summed E-state index contributed by atoms with van der Waals surface area (Å²) in [7, 11) is 0. The van der Waals surface area contributed by atoms with E-state index in [1.165, 1.54) is 33.1 Å². The molecule has 0 saturated heterocycles. The molecule has 0 saturated carbocycles. The van der Waals surface area contributed by atoms with Crippen molar-refractivity contribution in [3.05, 3.63) is 55.5 Å². The number of ether oxygens (including phenoxy) is 1. The molecule has 1 aromatic carbocycles. The number of nitrogens with one attached hydrogen (secondary N) is 1. The van der Waals surface area contributed by atoms with Crippen LogP contribution in [-0.4, -0.2) is 23.0 Å². The highest BCUT2D eigenvalue weighted by Crippen LogP contribution is 2.30. The molecule has 1 unspecified atom stereocenters. The molecule has 29 heavy (non-hydrogen) atoms. The Labute approximate surface area is 185 Å². The Hall–Kier alpha value is -2.03. The van der Waals surface area contributed by atoms with E-state index in [0.29, 0.717) is 10.0 Å². The molecule has 0 fully saturated rings. The third-order valence-electron chi connectivity index (χ3n) is 4.73. The summed E-state index contributed by atoms with van der Waals surface area (Å²) in [5.74, 6) is -0.835. The largest absolute Gasteiger partial charge is 0.448 e. The Bertz CT molecular complexity index is 1020. The van der Waals surface area contributed by atoms with Crippen LogP contribution < -0.4 is 5.32 Å². The predicted octanol–water partition coefficient (Wildman–Crippen LogP) is 5.70. The molecule has 0 bridgehead atoms. The molecule has 150 valence electrons. The number of aryl methyl sites for hydroxylation is 2. The van der Waals surface area contributed by atoms with Gasteiger partial charge in [-0.15, -0.1) is 22.7 Å². The van der Waals surface area contributed by atoms with Crippen LogP contribution in [0.3, 0.4) is 0 Å². The van der Waals surface area contributed by atoms with Crippen LogP contribution >= 0.6 is 38.6 Å². The third kappa shape index (κ3) is 4.76. The number of anilines is 1. The average molecular weight is 491 g/mol. The van der Waals surface area contributed by atoms with Crippen molar-refractivity contribution in [3.8, 4) is 11.3 Å². The summed E-state index contributed by atoms with van der Waals surface area (Å²) in [6.07, 6.45) is 3.46. The van der Waals surface area contributed by atoms with Crippen LogP contribution in [0.25, 0.3) is 11.3 Å². The summed E-state index contributed by atoms with van der Waals surface area (Å²) < 4.78 is 6.38. The minimum atomic E-state index is -0.901. The topological polar surface area (TPSA) is 68.3 Å². The molecule has 5 nitrogen and oxygen atoms in total. The van der Waals surface area contributed by atoms with Crippen molar-refractivity contribution < 1.29 is 14.3 Å². The molecule has 2 aromatic heterocycles. The molecule has 1 N–H and O–H groups in total. The lowest BCUT2D eigenvalue weighted by molar-refractivity contribution is -0.123. The van der Waals surface area contributed by atoms with Gasteiger partial charge in [-0.2, -0.15) is 0 Å². The smallest absolute Gasteiger partial charge is 0.349 e. The van der Waals surface area contributed by atoms with E-state index in [0.717, 1.165) is 41.4 Å². The van der Waals surface area contributed by atoms with Gasteiger partial charge in [0.15, 0.2) is 11.2 Å². The Morgan fingerprint density at radius 1 is 1.21 bits per heavy atom. The minimum Gasteiger partial charge on any atom is -0.448 e. The van der Waals surface area contributed by atoms with Crippen molar-refractivity contribution in [2.45, 2.75) is 38.7 Å². The zero-order chi connectivity index (χ0) is 20.4. The van der Waals surface area contributed by atoms with E-state index in [1.54, 1.807) is 6.92 Å². The maximum absolute atomic E-state index is 12.4. The van der Waals surface area contributed by atoms with Crippen LogP contribution in [0.5, 0.6) is 0 Å². The summed E-state index contributed by atoms with van der Waals surface area (Å²) in [5, 5.41) is 5.09. The van der Waals surface area contributed by atoms with E-state index >= 15 is 0 Å². The number of nitrogens with zero attached hydrogens (tertiary/aromatic N) is 1. The average Bonchev–Trinajstić information content (AvgIpc) is 3.35. The maximum atomic E-state index is 12.4. The van der Waals surface area contributed by atoms with Gasteiger partial charge in [0.25, 0.3) is 5.91 Å². The lowest BCUT2D eigenvalue weighted by Crippen LogP contribution is -2.29. The molecule has 2 heterocycles. The third-order valence-corrected chi connectivity index (χ3v) is 7.23. The molecular weight excluding hydrogens is 472 g/mol. The maximum Gasteiger partial charge on any atom is 0.349 e. The van der Waals surface area contributed by atoms with Crippen LogP contribution in [0.4, 0.5) is 5.13 Å². The van der Waals surface area contributed by atoms with Gasteiger partial charge in [0, 0.05) is 20.3 Å². The second-order valence-corrected chi connectivity index (χ2v) is 9.76. The van der Waals surface area contributed by atoms with E-state index in [4.69, 9.17) is 4.74 Å². The van der Waals surface area contributed by atoms with Gasteiger partial charge in [0.1, 0.15) is 4.88 Å². The van der Waals surface area contributed by atoms with Crippen molar-refractivity contribution >= 4 is 55.6 Å². The highest BCUT2D eigenvalue weighted by molar-refractivity contribution is 9.10. The highest BCUT2D eigenvalue weighted by atomic mass is 79.9. The van der Waals surface area contributed by atoms with Crippen LogP contribution in [0, 0.1) is 0 Å². The number of amides is 1. The number of hydrogen-bond donors (Lipinski definition) is 1. The fraction of sp³-hybridized carbons (Fsp3) is 0.286. The van der Waals surface area contributed by atoms with Crippen molar-refractivity contribution in [2.24, 2.45) is 0 Å². The van der Waals surface area contributed by atoms with Gasteiger partial charge in [-0.3, -0.25) is 10.1 Å². The number of carbonyl (C=O) groups is 2. The number of carbonyl (C=O) groups excluding carboxylic acids is 2. The lowest BCUT2D eigenvalue weighted by Gasteiger charge is -2.11. The van der Waals surface area contributed by atoms with Gasteiger partial charge < -0.3 is 4.74 Å². The van der Waals surface area contributed by atoms with Gasteiger partial charge >= 0.3 is 5.97 Å². The Morgan fingerprint density at radius 2 is 1.97 bits per heavy atom. The van der Waals surface area contributed by atoms with Crippen molar-refractivity contribution in [2.75, 3.05) is 5.32 Å². The summed E-state index contributed by atoms with van der Waals surface area (Å²) in [5.41, 5.74) is 2.99. The molecule has 0 aliphatic heterocycles. The summed E-state index contributed by atoms with van der Waals surface area (Å²) in [6.45, 7) is 1.57. The van der Waals surface area contributed by atoms with Crippen molar-refractivity contribution in [1.82, 2.24) is 4.98 Å². The molecule has 0 spiro atoms. The number of thiophene rings is 1. The zero-order valence-electron chi connectivity index (χ0n) is 15.7. The monoisotopic (exact) mass is 490 g/mol. The summed E-state index contributed by atoms with van der Waals surface area (Å²) >= 11 is 6.23. The fourth-order valence-electron chi connectivity index (χ4n) is 3.15. The lowest BCUT2D eigenvalue weighted by atomic mass is 9.99. The normalized spacial score (nSPS) is 14.1. The van der Waals surface area contributed by atoms with E-state index < -0.39 is 18.0 Å². The molecule has 1 amide bonds. The summed E-state index contributed by atoms with van der Waals surface area (Å²) in [6, 6.07) is 9.71. The standard InChI is InChI=1S/C21H19BrN2O3S2/c1-12(27-20(26)18-10-14-4-2-3-5-17(14)29-18)19(25)24-21-23-16(11-28-21)13-6-8-15(22)9-7-13/h6-12H,2-5H2,1H3,(H,23,24,25). The number of fused-ring (bicyclic) bond motifs is 1. The first-order valence-electron chi connectivity index (χ1n) is 9.34. The second-order valence-electron chi connectivity index (χ2n) is 6.85. The first-order valence-corrected chi connectivity index (χ1v) is 11.8. The van der Waals surface area contributed by atoms with Gasteiger partial charge in [-0.05, 0) is 56.4 Å². The Balaban J connectivity index is 1.36. The molecule has 4 rings (SSSR count). The number of aromatic nitrogens is 1. The van der Waals surface area contributed by atoms with Gasteiger partial charge in [-0.1, -0.05) is 28.1 Å². The first-order chi connectivity index (χ1) is 14.0. The van der Waals surface area contributed by atoms with E-state index in [-0.39, 0.29) is 0 Å². The van der Waals surface area contributed by atoms with Crippen LogP contribution in [0.15, 0.2) is 40.2 Å².